The summed E-state index contributed by atoms with van der Waals surface area (Å²) in [6, 6.07) is 5.75. The summed E-state index contributed by atoms with van der Waals surface area (Å²) in [5.74, 6) is 0. The van der Waals surface area contributed by atoms with Crippen molar-refractivity contribution in [2.75, 3.05) is 13.2 Å². The van der Waals surface area contributed by atoms with Gasteiger partial charge < -0.3 is 19.1 Å². The van der Waals surface area contributed by atoms with Gasteiger partial charge >= 0.3 is 0 Å². The Balaban J connectivity index is 2.49. The van der Waals surface area contributed by atoms with Crippen molar-refractivity contribution < 1.29 is 27.5 Å². The summed E-state index contributed by atoms with van der Waals surface area (Å²) in [5.41, 5.74) is 0.954. The molecule has 0 spiro atoms. The Bertz CT molecular complexity index is 967. The van der Waals surface area contributed by atoms with Crippen LogP contribution < -0.4 is 0 Å². The fraction of sp³-hybridized carbons (Fsp3) is 0.760. The Morgan fingerprint density at radius 2 is 1.40 bits per heavy atom. The molecule has 1 saturated heterocycles. The van der Waals surface area contributed by atoms with Gasteiger partial charge in [0.15, 0.2) is 16.6 Å². The maximum Gasteiger partial charge on any atom is 0.243 e. The Labute approximate surface area is 215 Å². The summed E-state index contributed by atoms with van der Waals surface area (Å²) in [5, 5.41) is 22.1. The van der Waals surface area contributed by atoms with Crippen LogP contribution in [0.25, 0.3) is 0 Å². The van der Waals surface area contributed by atoms with Crippen molar-refractivity contribution in [3.8, 4) is 0 Å². The van der Waals surface area contributed by atoms with Gasteiger partial charge in [0.2, 0.25) is 10.0 Å². The van der Waals surface area contributed by atoms with E-state index in [-0.39, 0.29) is 28.1 Å². The first-order valence-electron chi connectivity index (χ1n) is 12.4. The zero-order valence-corrected chi connectivity index (χ0v) is 26.2. The van der Waals surface area contributed by atoms with Crippen LogP contribution in [0, 0.1) is 6.92 Å². The minimum atomic E-state index is -3.98. The van der Waals surface area contributed by atoms with Crippen LogP contribution in [0.4, 0.5) is 0 Å². The summed E-state index contributed by atoms with van der Waals surface area (Å²) in [6.07, 6.45) is -3.40. The van der Waals surface area contributed by atoms with Gasteiger partial charge in [-0.15, -0.1) is 0 Å². The number of nitrogens with zero attached hydrogens (tertiary/aromatic N) is 1. The molecule has 1 aliphatic heterocycles. The van der Waals surface area contributed by atoms with Crippen LogP contribution in [0.2, 0.25) is 36.3 Å². The molecule has 1 aromatic carbocycles. The average molecular weight is 546 g/mol. The molecule has 1 aliphatic rings. The second kappa shape index (κ2) is 10.3. The van der Waals surface area contributed by atoms with Crippen LogP contribution in [0.3, 0.4) is 0 Å². The van der Waals surface area contributed by atoms with Crippen LogP contribution in [-0.2, 0) is 18.9 Å². The quantitative estimate of drug-likeness (QED) is 0.490. The summed E-state index contributed by atoms with van der Waals surface area (Å²) >= 11 is 0. The maximum absolute atomic E-state index is 13.8. The van der Waals surface area contributed by atoms with E-state index in [4.69, 9.17) is 8.85 Å². The Hall–Kier alpha value is -0.596. The van der Waals surface area contributed by atoms with Crippen molar-refractivity contribution in [3.63, 3.8) is 0 Å². The van der Waals surface area contributed by atoms with Crippen LogP contribution in [-0.4, -0.2) is 77.1 Å². The standard InChI is InChI=1S/C25H47NO6SSi2/c1-18-12-14-19(15-13-18)33(29,30)26-16-21(32-35(10,11)25(5,6)7)23(28)22(27)20(26)17-31-34(8,9)24(2,3)4/h12-15,20-23,27-28H,16-17H2,1-11H3/t20-,21+,22+,23+/m0/s1. The molecule has 35 heavy (non-hydrogen) atoms. The van der Waals surface area contributed by atoms with Gasteiger partial charge in [-0.05, 0) is 55.3 Å². The van der Waals surface area contributed by atoms with E-state index in [0.29, 0.717) is 0 Å². The van der Waals surface area contributed by atoms with Crippen LogP contribution in [0.1, 0.15) is 47.1 Å². The Morgan fingerprint density at radius 1 is 0.914 bits per heavy atom. The Kier molecular flexibility index (Phi) is 9.00. The van der Waals surface area contributed by atoms with Crippen molar-refractivity contribution in [3.05, 3.63) is 29.8 Å². The first-order valence-corrected chi connectivity index (χ1v) is 19.6. The number of hydrogen-bond donors (Lipinski definition) is 2. The maximum atomic E-state index is 13.8. The predicted octanol–water partition coefficient (Wildman–Crippen LogP) is 4.50. The molecule has 7 nitrogen and oxygen atoms in total. The molecule has 0 aromatic heterocycles. The van der Waals surface area contributed by atoms with E-state index in [1.807, 2.05) is 6.92 Å². The highest BCUT2D eigenvalue weighted by Gasteiger charge is 2.51. The van der Waals surface area contributed by atoms with Gasteiger partial charge in [-0.2, -0.15) is 4.31 Å². The number of piperidine rings is 1. The number of sulfonamides is 1. The molecule has 0 bridgehead atoms. The van der Waals surface area contributed by atoms with Crippen molar-refractivity contribution in [2.45, 2.75) is 114 Å². The largest absolute Gasteiger partial charge is 0.415 e. The smallest absolute Gasteiger partial charge is 0.243 e. The highest BCUT2D eigenvalue weighted by atomic mass is 32.2. The van der Waals surface area contributed by atoms with Crippen LogP contribution in [0.15, 0.2) is 29.2 Å². The molecule has 2 N–H and O–H groups in total. The summed E-state index contributed by atoms with van der Waals surface area (Å²) in [7, 11) is -8.56. The molecule has 1 aromatic rings. The van der Waals surface area contributed by atoms with Gasteiger partial charge in [-0.25, -0.2) is 8.42 Å². The third-order valence-corrected chi connectivity index (χ3v) is 19.1. The lowest BCUT2D eigenvalue weighted by Gasteiger charge is -2.49. The van der Waals surface area contributed by atoms with E-state index < -0.39 is 51.0 Å². The van der Waals surface area contributed by atoms with Crippen molar-refractivity contribution >= 4 is 26.7 Å². The lowest BCUT2D eigenvalue weighted by molar-refractivity contribution is -0.119. The van der Waals surface area contributed by atoms with Gasteiger partial charge in [-0.3, -0.25) is 0 Å². The molecule has 0 unspecified atom stereocenters. The molecule has 0 radical (unpaired) electrons. The molecular weight excluding hydrogens is 499 g/mol. The minimum Gasteiger partial charge on any atom is -0.415 e. The van der Waals surface area contributed by atoms with Crippen LogP contribution in [0.5, 0.6) is 0 Å². The summed E-state index contributed by atoms with van der Waals surface area (Å²) in [4.78, 5) is 0.148. The van der Waals surface area contributed by atoms with E-state index >= 15 is 0 Å². The summed E-state index contributed by atoms with van der Waals surface area (Å²) in [6.45, 7) is 22.7. The van der Waals surface area contributed by atoms with Crippen molar-refractivity contribution in [1.82, 2.24) is 4.31 Å². The van der Waals surface area contributed by atoms with E-state index in [2.05, 4.69) is 67.7 Å². The van der Waals surface area contributed by atoms with Crippen LogP contribution >= 0.6 is 0 Å². The molecule has 2 rings (SSSR count). The van der Waals surface area contributed by atoms with E-state index in [1.165, 1.54) is 4.31 Å². The zero-order valence-electron chi connectivity index (χ0n) is 23.4. The SMILES string of the molecule is Cc1ccc(S(=O)(=O)N2C[C@@H](O[Si](C)(C)C(C)(C)C)[C@@H](O)[C@H](O)[C@@H]2CO[Si](C)(C)C(C)(C)C)cc1. The second-order valence-electron chi connectivity index (χ2n) is 12.9. The average Bonchev–Trinajstić information content (AvgIpc) is 2.69. The number of benzene rings is 1. The molecule has 0 amide bonds. The monoisotopic (exact) mass is 545 g/mol. The van der Waals surface area contributed by atoms with E-state index in [0.717, 1.165) is 5.56 Å². The molecule has 0 aliphatic carbocycles. The molecule has 0 saturated carbocycles. The van der Waals surface area contributed by atoms with Gasteiger partial charge in [0.1, 0.15) is 12.2 Å². The number of aryl methyl sites for hydroxylation is 1. The van der Waals surface area contributed by atoms with Gasteiger partial charge in [0.25, 0.3) is 0 Å². The zero-order chi connectivity index (χ0) is 27.2. The third-order valence-electron chi connectivity index (χ3n) is 8.16. The minimum absolute atomic E-state index is 0.00657. The lowest BCUT2D eigenvalue weighted by Crippen LogP contribution is -2.66. The highest BCUT2D eigenvalue weighted by Crippen LogP contribution is 2.40. The fourth-order valence-electron chi connectivity index (χ4n) is 3.51. The number of aliphatic hydroxyl groups is 2. The highest BCUT2D eigenvalue weighted by molar-refractivity contribution is 7.89. The number of hydrogen-bond acceptors (Lipinski definition) is 6. The van der Waals surface area contributed by atoms with Crippen molar-refractivity contribution in [1.29, 1.82) is 0 Å². The van der Waals surface area contributed by atoms with Gasteiger partial charge in [0.05, 0.1) is 23.6 Å². The molecule has 202 valence electrons. The van der Waals surface area contributed by atoms with E-state index in [9.17, 15) is 18.6 Å². The number of rotatable bonds is 7. The number of aliphatic hydroxyl groups excluding tert-OH is 2. The second-order valence-corrected chi connectivity index (χ2v) is 24.4. The first kappa shape index (κ1) is 30.6. The first-order chi connectivity index (χ1) is 15.6. The van der Waals surface area contributed by atoms with Gasteiger partial charge in [0, 0.05) is 6.54 Å². The summed E-state index contributed by atoms with van der Waals surface area (Å²) < 4.78 is 41.8. The van der Waals surface area contributed by atoms with Crippen molar-refractivity contribution in [2.24, 2.45) is 0 Å². The van der Waals surface area contributed by atoms with E-state index in [1.54, 1.807) is 24.3 Å². The molecule has 4 atom stereocenters. The normalized spacial score (nSPS) is 25.6. The topological polar surface area (TPSA) is 96.3 Å². The molecule has 1 heterocycles. The molecule has 10 heteroatoms. The lowest BCUT2D eigenvalue weighted by atomic mass is 9.97. The van der Waals surface area contributed by atoms with Gasteiger partial charge in [-0.1, -0.05) is 59.2 Å². The molecular formula is C25H47NO6SSi2. The molecule has 1 fully saturated rings. The predicted molar refractivity (Wildman–Crippen MR) is 146 cm³/mol. The fourth-order valence-corrected chi connectivity index (χ4v) is 7.50. The Morgan fingerprint density at radius 3 is 1.86 bits per heavy atom. The third kappa shape index (κ3) is 6.65.